The molecule has 0 aliphatic rings. The van der Waals surface area contributed by atoms with Gasteiger partial charge in [-0.05, 0) is 55.5 Å². The number of rotatable bonds is 6. The predicted molar refractivity (Wildman–Crippen MR) is 128 cm³/mol. The minimum Gasteiger partial charge on any atom is -0.350 e. The molecule has 0 fully saturated rings. The average molecular weight is 476 g/mol. The van der Waals surface area contributed by atoms with Gasteiger partial charge in [-0.25, -0.2) is 4.98 Å². The van der Waals surface area contributed by atoms with E-state index in [4.69, 9.17) is 23.2 Å². The smallest absolute Gasteiger partial charge is 0.271 e. The molecule has 0 atom stereocenters. The Bertz CT molecular complexity index is 1180. The van der Waals surface area contributed by atoms with Gasteiger partial charge in [0.05, 0.1) is 11.6 Å². The number of nitrogens with one attached hydrogen (secondary N) is 1. The molecule has 1 amide bonds. The van der Waals surface area contributed by atoms with Crippen molar-refractivity contribution in [1.29, 1.82) is 0 Å². The molecule has 0 unspecified atom stereocenters. The van der Waals surface area contributed by atoms with Crippen molar-refractivity contribution >= 4 is 41.5 Å². The van der Waals surface area contributed by atoms with Crippen LogP contribution in [0.15, 0.2) is 73.1 Å². The minimum absolute atomic E-state index is 0. The van der Waals surface area contributed by atoms with Crippen LogP contribution in [0.4, 0.5) is 0 Å². The van der Waals surface area contributed by atoms with E-state index in [-0.39, 0.29) is 18.3 Å². The van der Waals surface area contributed by atoms with Crippen molar-refractivity contribution in [3.63, 3.8) is 0 Å². The number of carbonyl (C=O) groups excluding carboxylic acids is 1. The van der Waals surface area contributed by atoms with E-state index in [9.17, 15) is 4.79 Å². The van der Waals surface area contributed by atoms with Crippen molar-refractivity contribution in [2.24, 2.45) is 0 Å². The number of aromatic nitrogens is 3. The second kappa shape index (κ2) is 10.1. The number of amides is 1. The van der Waals surface area contributed by atoms with Crippen molar-refractivity contribution < 1.29 is 4.79 Å². The molecule has 5 nitrogen and oxygen atoms in total. The zero-order valence-corrected chi connectivity index (χ0v) is 19.1. The highest BCUT2D eigenvalue weighted by atomic mass is 35.5. The van der Waals surface area contributed by atoms with Crippen molar-refractivity contribution in [2.75, 3.05) is 0 Å². The molecule has 2 heterocycles. The molecule has 0 saturated heterocycles. The molecule has 0 bridgehead atoms. The summed E-state index contributed by atoms with van der Waals surface area (Å²) in [4.78, 5) is 17.5. The lowest BCUT2D eigenvalue weighted by Crippen LogP contribution is -2.24. The van der Waals surface area contributed by atoms with E-state index >= 15 is 0 Å². The van der Waals surface area contributed by atoms with Crippen molar-refractivity contribution in [2.45, 2.75) is 20.0 Å². The maximum absolute atomic E-state index is 12.9. The third-order valence-electron chi connectivity index (χ3n) is 4.85. The Hall–Kier alpha value is -2.73. The molecule has 1 N–H and O–H groups in total. The largest absolute Gasteiger partial charge is 0.350 e. The van der Waals surface area contributed by atoms with E-state index in [0.717, 1.165) is 23.5 Å². The highest BCUT2D eigenvalue weighted by Gasteiger charge is 2.18. The highest BCUT2D eigenvalue weighted by Crippen LogP contribution is 2.29. The number of imidazole rings is 1. The quantitative estimate of drug-likeness (QED) is 0.371. The summed E-state index contributed by atoms with van der Waals surface area (Å²) < 4.78 is 3.93. The van der Waals surface area contributed by atoms with Gasteiger partial charge in [0.1, 0.15) is 11.5 Å². The van der Waals surface area contributed by atoms with Gasteiger partial charge in [0.15, 0.2) is 0 Å². The standard InChI is InChI=1S/C23H20Cl2N4O.ClH/c1-2-28-13-5-6-18(28)14-26-23(30)21-15-29(17-11-9-16(24)10-12-17)22(27-21)19-7-3-4-8-20(19)25;/h3-13,15H,2,14H2,1H3,(H,26,30);1H. The fraction of sp³-hybridized carbons (Fsp3) is 0.130. The summed E-state index contributed by atoms with van der Waals surface area (Å²) in [6.07, 6.45) is 3.71. The number of carbonyl (C=O) groups is 1. The number of benzene rings is 2. The SMILES string of the molecule is CCn1cccc1CNC(=O)c1cn(-c2ccc(Cl)cc2)c(-c2ccccc2Cl)n1.Cl. The fourth-order valence-corrected chi connectivity index (χ4v) is 3.65. The van der Waals surface area contributed by atoms with Gasteiger partial charge in [-0.2, -0.15) is 0 Å². The molecule has 4 rings (SSSR count). The Morgan fingerprint density at radius 2 is 1.77 bits per heavy atom. The van der Waals surface area contributed by atoms with Crippen LogP contribution in [-0.2, 0) is 13.1 Å². The van der Waals surface area contributed by atoms with Gasteiger partial charge in [0, 0.05) is 40.9 Å². The van der Waals surface area contributed by atoms with E-state index in [2.05, 4.69) is 21.8 Å². The lowest BCUT2D eigenvalue weighted by molar-refractivity contribution is 0.0945. The molecule has 0 radical (unpaired) electrons. The first-order valence-electron chi connectivity index (χ1n) is 9.59. The van der Waals surface area contributed by atoms with Gasteiger partial charge in [-0.15, -0.1) is 12.4 Å². The van der Waals surface area contributed by atoms with E-state index < -0.39 is 0 Å². The van der Waals surface area contributed by atoms with Gasteiger partial charge in [0.25, 0.3) is 5.91 Å². The monoisotopic (exact) mass is 474 g/mol. The van der Waals surface area contributed by atoms with E-state index in [1.165, 1.54) is 0 Å². The molecule has 160 valence electrons. The number of halogens is 3. The topological polar surface area (TPSA) is 51.9 Å². The van der Waals surface area contributed by atoms with Gasteiger partial charge in [-0.3, -0.25) is 9.36 Å². The summed E-state index contributed by atoms with van der Waals surface area (Å²) in [5, 5.41) is 4.15. The second-order valence-electron chi connectivity index (χ2n) is 6.74. The third-order valence-corrected chi connectivity index (χ3v) is 5.43. The van der Waals surface area contributed by atoms with Crippen molar-refractivity contribution in [3.8, 4) is 17.1 Å². The number of nitrogens with zero attached hydrogens (tertiary/aromatic N) is 3. The average Bonchev–Trinajstić information content (AvgIpc) is 3.40. The van der Waals surface area contributed by atoms with E-state index in [1.807, 2.05) is 53.2 Å². The Kier molecular flexibility index (Phi) is 7.44. The van der Waals surface area contributed by atoms with E-state index in [0.29, 0.717) is 28.1 Å². The zero-order chi connectivity index (χ0) is 21.1. The van der Waals surface area contributed by atoms with Crippen LogP contribution < -0.4 is 5.32 Å². The van der Waals surface area contributed by atoms with Crippen LogP contribution in [-0.4, -0.2) is 20.0 Å². The first-order chi connectivity index (χ1) is 14.6. The maximum Gasteiger partial charge on any atom is 0.271 e. The Morgan fingerprint density at radius 1 is 1.03 bits per heavy atom. The molecule has 0 aliphatic heterocycles. The molecule has 2 aromatic carbocycles. The molecule has 0 spiro atoms. The Labute approximate surface area is 197 Å². The number of hydrogen-bond donors (Lipinski definition) is 1. The number of hydrogen-bond acceptors (Lipinski definition) is 2. The molecule has 31 heavy (non-hydrogen) atoms. The summed E-state index contributed by atoms with van der Waals surface area (Å²) in [5.74, 6) is 0.338. The van der Waals surface area contributed by atoms with Crippen LogP contribution in [0.2, 0.25) is 10.0 Å². The first kappa shape index (κ1) is 22.9. The summed E-state index contributed by atoms with van der Waals surface area (Å²) in [6, 6.07) is 18.7. The normalized spacial score (nSPS) is 10.5. The van der Waals surface area contributed by atoms with Crippen molar-refractivity contribution in [3.05, 3.63) is 94.5 Å². The summed E-state index contributed by atoms with van der Waals surface area (Å²) in [6.45, 7) is 3.34. The first-order valence-corrected chi connectivity index (χ1v) is 10.3. The van der Waals surface area contributed by atoms with Crippen LogP contribution in [0.1, 0.15) is 23.1 Å². The fourth-order valence-electron chi connectivity index (χ4n) is 3.30. The second-order valence-corrected chi connectivity index (χ2v) is 7.59. The molecular formula is C23H21Cl3N4O. The van der Waals surface area contributed by atoms with Gasteiger partial charge in [0.2, 0.25) is 0 Å². The zero-order valence-electron chi connectivity index (χ0n) is 16.8. The summed E-state index contributed by atoms with van der Waals surface area (Å²) in [7, 11) is 0. The van der Waals surface area contributed by atoms with Gasteiger partial charge >= 0.3 is 0 Å². The van der Waals surface area contributed by atoms with Gasteiger partial charge < -0.3 is 9.88 Å². The minimum atomic E-state index is -0.250. The molecular weight excluding hydrogens is 455 g/mol. The van der Waals surface area contributed by atoms with Crippen LogP contribution in [0.5, 0.6) is 0 Å². The molecule has 4 aromatic rings. The summed E-state index contributed by atoms with van der Waals surface area (Å²) >= 11 is 12.5. The number of aryl methyl sites for hydroxylation is 1. The molecule has 2 aromatic heterocycles. The highest BCUT2D eigenvalue weighted by molar-refractivity contribution is 6.33. The predicted octanol–water partition coefficient (Wildman–Crippen LogP) is 6.02. The van der Waals surface area contributed by atoms with Crippen LogP contribution in [0.3, 0.4) is 0 Å². The third kappa shape index (κ3) is 4.96. The lowest BCUT2D eigenvalue weighted by atomic mass is 10.2. The van der Waals surface area contributed by atoms with Gasteiger partial charge in [-0.1, -0.05) is 35.3 Å². The Balaban J connectivity index is 0.00000272. The maximum atomic E-state index is 12.9. The molecule has 0 saturated carbocycles. The van der Waals surface area contributed by atoms with Crippen LogP contribution in [0.25, 0.3) is 17.1 Å². The van der Waals surface area contributed by atoms with E-state index in [1.54, 1.807) is 24.4 Å². The van der Waals surface area contributed by atoms with Crippen LogP contribution in [0, 0.1) is 0 Å². The molecule has 8 heteroatoms. The van der Waals surface area contributed by atoms with Crippen molar-refractivity contribution in [1.82, 2.24) is 19.4 Å². The Morgan fingerprint density at radius 3 is 2.48 bits per heavy atom. The molecule has 0 aliphatic carbocycles. The lowest BCUT2D eigenvalue weighted by Gasteiger charge is -2.09. The summed E-state index contributed by atoms with van der Waals surface area (Å²) in [5.41, 5.74) is 2.93. The van der Waals surface area contributed by atoms with Crippen LogP contribution >= 0.6 is 35.6 Å².